The SMILES string of the molecule is CSc1cccc(C=CCC(=O)O)c1. The highest BCUT2D eigenvalue weighted by Gasteiger charge is 1.92. The predicted molar refractivity (Wildman–Crippen MR) is 59.5 cm³/mol. The standard InChI is InChI=1S/C11H12O2S/c1-14-10-6-2-4-9(8-10)5-3-7-11(12)13/h2-6,8H,7H2,1H3,(H,12,13). The van der Waals surface area contributed by atoms with E-state index in [1.54, 1.807) is 17.8 Å². The lowest BCUT2D eigenvalue weighted by Crippen LogP contribution is -1.89. The van der Waals surface area contributed by atoms with Crippen molar-refractivity contribution in [3.05, 3.63) is 35.9 Å². The molecule has 0 spiro atoms. The van der Waals surface area contributed by atoms with Gasteiger partial charge in [-0.05, 0) is 24.0 Å². The maximum atomic E-state index is 10.3. The van der Waals surface area contributed by atoms with Gasteiger partial charge in [-0.3, -0.25) is 4.79 Å². The van der Waals surface area contributed by atoms with E-state index < -0.39 is 5.97 Å². The second-order valence-corrected chi connectivity index (χ2v) is 3.66. The highest BCUT2D eigenvalue weighted by Crippen LogP contribution is 2.16. The highest BCUT2D eigenvalue weighted by atomic mass is 32.2. The van der Waals surface area contributed by atoms with Crippen LogP contribution in [0.2, 0.25) is 0 Å². The van der Waals surface area contributed by atoms with Gasteiger partial charge < -0.3 is 5.11 Å². The predicted octanol–water partition coefficient (Wildman–Crippen LogP) is 2.90. The summed E-state index contributed by atoms with van der Waals surface area (Å²) in [6.07, 6.45) is 5.57. The van der Waals surface area contributed by atoms with E-state index >= 15 is 0 Å². The summed E-state index contributed by atoms with van der Waals surface area (Å²) in [6.45, 7) is 0. The van der Waals surface area contributed by atoms with E-state index in [9.17, 15) is 4.79 Å². The van der Waals surface area contributed by atoms with Gasteiger partial charge >= 0.3 is 5.97 Å². The van der Waals surface area contributed by atoms with Crippen LogP contribution in [-0.2, 0) is 4.79 Å². The molecule has 2 nitrogen and oxygen atoms in total. The smallest absolute Gasteiger partial charge is 0.307 e. The lowest BCUT2D eigenvalue weighted by Gasteiger charge is -1.97. The Hall–Kier alpha value is -1.22. The van der Waals surface area contributed by atoms with Gasteiger partial charge in [0.2, 0.25) is 0 Å². The molecule has 0 amide bonds. The van der Waals surface area contributed by atoms with Crippen LogP contribution in [0.1, 0.15) is 12.0 Å². The van der Waals surface area contributed by atoms with Crippen molar-refractivity contribution >= 4 is 23.8 Å². The molecule has 1 aromatic rings. The number of benzene rings is 1. The van der Waals surface area contributed by atoms with E-state index in [0.29, 0.717) is 0 Å². The van der Waals surface area contributed by atoms with E-state index in [0.717, 1.165) is 5.56 Å². The van der Waals surface area contributed by atoms with Crippen LogP contribution in [-0.4, -0.2) is 17.3 Å². The number of rotatable bonds is 4. The van der Waals surface area contributed by atoms with E-state index in [-0.39, 0.29) is 6.42 Å². The van der Waals surface area contributed by atoms with Crippen molar-refractivity contribution in [3.63, 3.8) is 0 Å². The third kappa shape index (κ3) is 3.66. The molecule has 0 saturated heterocycles. The largest absolute Gasteiger partial charge is 0.481 e. The first-order chi connectivity index (χ1) is 6.72. The molecule has 0 aromatic heterocycles. The van der Waals surface area contributed by atoms with Crippen LogP contribution in [0.4, 0.5) is 0 Å². The summed E-state index contributed by atoms with van der Waals surface area (Å²) in [5.41, 5.74) is 1.04. The topological polar surface area (TPSA) is 37.3 Å². The monoisotopic (exact) mass is 208 g/mol. The third-order valence-electron chi connectivity index (χ3n) is 1.70. The molecule has 1 rings (SSSR count). The van der Waals surface area contributed by atoms with Gasteiger partial charge in [0.1, 0.15) is 0 Å². The normalized spacial score (nSPS) is 10.6. The summed E-state index contributed by atoms with van der Waals surface area (Å²) in [5.74, 6) is -0.803. The molecule has 74 valence electrons. The van der Waals surface area contributed by atoms with Gasteiger partial charge in [-0.1, -0.05) is 24.3 Å². The molecular formula is C11H12O2S. The molecule has 0 aliphatic carbocycles. The first-order valence-electron chi connectivity index (χ1n) is 4.25. The Bertz CT molecular complexity index is 345. The van der Waals surface area contributed by atoms with Crippen molar-refractivity contribution in [2.45, 2.75) is 11.3 Å². The van der Waals surface area contributed by atoms with E-state index in [1.165, 1.54) is 4.90 Å². The summed E-state index contributed by atoms with van der Waals surface area (Å²) in [7, 11) is 0. The van der Waals surface area contributed by atoms with E-state index in [4.69, 9.17) is 5.11 Å². The first-order valence-corrected chi connectivity index (χ1v) is 5.47. The Labute approximate surface area is 87.6 Å². The van der Waals surface area contributed by atoms with Gasteiger partial charge in [0.15, 0.2) is 0 Å². The zero-order valence-electron chi connectivity index (χ0n) is 7.93. The fourth-order valence-corrected chi connectivity index (χ4v) is 1.51. The van der Waals surface area contributed by atoms with Crippen LogP contribution in [0.5, 0.6) is 0 Å². The number of aliphatic carboxylic acids is 1. The lowest BCUT2D eigenvalue weighted by molar-refractivity contribution is -0.135. The maximum absolute atomic E-state index is 10.3. The second kappa shape index (κ2) is 5.50. The minimum Gasteiger partial charge on any atom is -0.481 e. The molecule has 3 heteroatoms. The van der Waals surface area contributed by atoms with Crippen LogP contribution in [0, 0.1) is 0 Å². The van der Waals surface area contributed by atoms with Crippen molar-refractivity contribution in [2.75, 3.05) is 6.26 Å². The highest BCUT2D eigenvalue weighted by molar-refractivity contribution is 7.98. The zero-order valence-corrected chi connectivity index (χ0v) is 8.75. The summed E-state index contributed by atoms with van der Waals surface area (Å²) in [4.78, 5) is 11.4. The molecule has 0 aliphatic rings. The molecule has 1 N–H and O–H groups in total. The van der Waals surface area contributed by atoms with Gasteiger partial charge in [-0.2, -0.15) is 0 Å². The van der Waals surface area contributed by atoms with Crippen molar-refractivity contribution in [1.29, 1.82) is 0 Å². The lowest BCUT2D eigenvalue weighted by atomic mass is 10.2. The molecule has 0 fully saturated rings. The molecule has 0 unspecified atom stereocenters. The number of hydrogen-bond acceptors (Lipinski definition) is 2. The van der Waals surface area contributed by atoms with Gasteiger partial charge in [0, 0.05) is 4.90 Å². The Morgan fingerprint density at radius 3 is 3.00 bits per heavy atom. The Morgan fingerprint density at radius 2 is 2.36 bits per heavy atom. The van der Waals surface area contributed by atoms with Crippen LogP contribution < -0.4 is 0 Å². The number of carbonyl (C=O) groups is 1. The molecule has 0 heterocycles. The number of carboxylic acid groups (broad SMARTS) is 1. The average Bonchev–Trinajstić information content (AvgIpc) is 2.18. The fraction of sp³-hybridized carbons (Fsp3) is 0.182. The van der Waals surface area contributed by atoms with Gasteiger partial charge in [-0.25, -0.2) is 0 Å². The Kier molecular flexibility index (Phi) is 4.26. The summed E-state index contributed by atoms with van der Waals surface area (Å²) in [5, 5.41) is 8.44. The van der Waals surface area contributed by atoms with E-state index in [2.05, 4.69) is 0 Å². The molecule has 0 atom stereocenters. The molecule has 14 heavy (non-hydrogen) atoms. The van der Waals surface area contributed by atoms with E-state index in [1.807, 2.05) is 36.6 Å². The molecule has 0 saturated carbocycles. The van der Waals surface area contributed by atoms with Crippen LogP contribution in [0.25, 0.3) is 6.08 Å². The van der Waals surface area contributed by atoms with Crippen LogP contribution >= 0.6 is 11.8 Å². The number of carboxylic acids is 1. The number of hydrogen-bond donors (Lipinski definition) is 1. The molecule has 1 aromatic carbocycles. The third-order valence-corrected chi connectivity index (χ3v) is 2.42. The summed E-state index contributed by atoms with van der Waals surface area (Å²) >= 11 is 1.67. The first kappa shape index (κ1) is 10.9. The minimum atomic E-state index is -0.803. The van der Waals surface area contributed by atoms with Crippen LogP contribution in [0.15, 0.2) is 35.2 Å². The maximum Gasteiger partial charge on any atom is 0.307 e. The zero-order chi connectivity index (χ0) is 10.4. The second-order valence-electron chi connectivity index (χ2n) is 2.78. The summed E-state index contributed by atoms with van der Waals surface area (Å²) < 4.78 is 0. The Balaban J connectivity index is 2.66. The summed E-state index contributed by atoms with van der Waals surface area (Å²) in [6, 6.07) is 7.98. The Morgan fingerprint density at radius 1 is 1.57 bits per heavy atom. The average molecular weight is 208 g/mol. The molecule has 0 aliphatic heterocycles. The van der Waals surface area contributed by atoms with Gasteiger partial charge in [-0.15, -0.1) is 11.8 Å². The van der Waals surface area contributed by atoms with Crippen molar-refractivity contribution < 1.29 is 9.90 Å². The minimum absolute atomic E-state index is 0.0729. The number of thioether (sulfide) groups is 1. The van der Waals surface area contributed by atoms with Crippen LogP contribution in [0.3, 0.4) is 0 Å². The quantitative estimate of drug-likeness (QED) is 0.773. The fourth-order valence-electron chi connectivity index (χ4n) is 1.04. The van der Waals surface area contributed by atoms with Crippen molar-refractivity contribution in [1.82, 2.24) is 0 Å². The van der Waals surface area contributed by atoms with Gasteiger partial charge in [0.25, 0.3) is 0 Å². The van der Waals surface area contributed by atoms with Crippen molar-refractivity contribution in [2.24, 2.45) is 0 Å². The molecular weight excluding hydrogens is 196 g/mol. The molecule has 0 radical (unpaired) electrons. The van der Waals surface area contributed by atoms with Gasteiger partial charge in [0.05, 0.1) is 6.42 Å². The van der Waals surface area contributed by atoms with Crippen molar-refractivity contribution in [3.8, 4) is 0 Å². The molecule has 0 bridgehead atoms.